The Balaban J connectivity index is 2.10. The number of nitrogens with one attached hydrogen (secondary N) is 1. The normalized spacial score (nSPS) is 12.7. The molecular formula is C19H21NO. The van der Waals surface area contributed by atoms with Crippen molar-refractivity contribution in [3.8, 4) is 11.1 Å². The van der Waals surface area contributed by atoms with Gasteiger partial charge in [-0.3, -0.25) is 0 Å². The first-order valence-electron chi connectivity index (χ1n) is 7.58. The van der Waals surface area contributed by atoms with Gasteiger partial charge in [-0.25, -0.2) is 0 Å². The molecule has 108 valence electrons. The Bertz CT molecular complexity index is 715. The van der Waals surface area contributed by atoms with Crippen LogP contribution in [-0.2, 0) is 0 Å². The van der Waals surface area contributed by atoms with E-state index in [-0.39, 0.29) is 6.04 Å². The Kier molecular flexibility index (Phi) is 4.07. The number of furan rings is 1. The number of fused-ring (bicyclic) bond motifs is 1. The average Bonchev–Trinajstić information content (AvgIpc) is 2.97. The molecule has 2 nitrogen and oxygen atoms in total. The summed E-state index contributed by atoms with van der Waals surface area (Å²) in [6.45, 7) is 2.20. The van der Waals surface area contributed by atoms with Crippen LogP contribution in [0.1, 0.15) is 31.6 Å². The van der Waals surface area contributed by atoms with Crippen molar-refractivity contribution in [2.75, 3.05) is 7.05 Å². The molecule has 1 heterocycles. The molecule has 1 aromatic heterocycles. The van der Waals surface area contributed by atoms with Gasteiger partial charge in [0.25, 0.3) is 0 Å². The topological polar surface area (TPSA) is 25.2 Å². The fourth-order valence-corrected chi connectivity index (χ4v) is 2.82. The van der Waals surface area contributed by atoms with E-state index in [1.54, 1.807) is 0 Å². The van der Waals surface area contributed by atoms with E-state index < -0.39 is 0 Å². The Hall–Kier alpha value is -2.06. The summed E-state index contributed by atoms with van der Waals surface area (Å²) < 4.78 is 6.20. The molecular weight excluding hydrogens is 258 g/mol. The van der Waals surface area contributed by atoms with Gasteiger partial charge >= 0.3 is 0 Å². The molecule has 21 heavy (non-hydrogen) atoms. The van der Waals surface area contributed by atoms with Gasteiger partial charge < -0.3 is 9.73 Å². The summed E-state index contributed by atoms with van der Waals surface area (Å²) >= 11 is 0. The van der Waals surface area contributed by atoms with Crippen LogP contribution in [0.5, 0.6) is 0 Å². The molecule has 0 amide bonds. The van der Waals surface area contributed by atoms with Crippen molar-refractivity contribution in [3.05, 3.63) is 60.4 Å². The monoisotopic (exact) mass is 279 g/mol. The summed E-state index contributed by atoms with van der Waals surface area (Å²) in [5.74, 6) is 1.03. The molecule has 0 radical (unpaired) electrons. The fraction of sp³-hybridized carbons (Fsp3) is 0.263. The highest BCUT2D eigenvalue weighted by Crippen LogP contribution is 2.33. The van der Waals surface area contributed by atoms with Crippen LogP contribution >= 0.6 is 0 Å². The average molecular weight is 279 g/mol. The van der Waals surface area contributed by atoms with Crippen molar-refractivity contribution < 1.29 is 4.42 Å². The van der Waals surface area contributed by atoms with Crippen molar-refractivity contribution in [1.29, 1.82) is 0 Å². The first-order valence-corrected chi connectivity index (χ1v) is 7.58. The lowest BCUT2D eigenvalue weighted by atomic mass is 10.0. The lowest BCUT2D eigenvalue weighted by Gasteiger charge is -2.11. The van der Waals surface area contributed by atoms with Gasteiger partial charge in [-0.05, 0) is 25.1 Å². The number of benzene rings is 2. The van der Waals surface area contributed by atoms with Crippen molar-refractivity contribution in [2.45, 2.75) is 25.8 Å². The van der Waals surface area contributed by atoms with Crippen LogP contribution in [0, 0.1) is 0 Å². The van der Waals surface area contributed by atoms with Crippen molar-refractivity contribution in [3.63, 3.8) is 0 Å². The molecule has 0 aliphatic rings. The van der Waals surface area contributed by atoms with Crippen LogP contribution in [0.15, 0.2) is 59.0 Å². The van der Waals surface area contributed by atoms with Crippen LogP contribution in [0.4, 0.5) is 0 Å². The number of para-hydroxylation sites is 1. The van der Waals surface area contributed by atoms with Gasteiger partial charge in [0.1, 0.15) is 11.3 Å². The predicted molar refractivity (Wildman–Crippen MR) is 88.4 cm³/mol. The molecule has 0 saturated heterocycles. The highest BCUT2D eigenvalue weighted by atomic mass is 16.3. The fourth-order valence-electron chi connectivity index (χ4n) is 2.82. The number of hydrogen-bond acceptors (Lipinski definition) is 2. The maximum absolute atomic E-state index is 6.20. The quantitative estimate of drug-likeness (QED) is 0.697. The van der Waals surface area contributed by atoms with Crippen LogP contribution in [0.2, 0.25) is 0 Å². The molecule has 2 aromatic carbocycles. The molecule has 0 aliphatic carbocycles. The lowest BCUT2D eigenvalue weighted by molar-refractivity contribution is 0.430. The summed E-state index contributed by atoms with van der Waals surface area (Å²) in [5.41, 5.74) is 3.33. The first-order chi connectivity index (χ1) is 10.3. The molecule has 0 saturated carbocycles. The summed E-state index contributed by atoms with van der Waals surface area (Å²) in [6.07, 6.45) is 2.21. The molecule has 0 fully saturated rings. The standard InChI is InChI=1S/C19H21NO/c1-3-8-17(20-2)18-13-15-11-7-12-16(19(15)21-18)14-9-5-4-6-10-14/h4-7,9-13,17,20H,3,8H2,1-2H3. The molecule has 1 N–H and O–H groups in total. The minimum atomic E-state index is 0.283. The molecule has 1 atom stereocenters. The molecule has 1 unspecified atom stereocenters. The van der Waals surface area contributed by atoms with Gasteiger partial charge in [-0.15, -0.1) is 0 Å². The van der Waals surface area contributed by atoms with Crippen LogP contribution in [0.25, 0.3) is 22.1 Å². The molecule has 3 rings (SSSR count). The Morgan fingerprint density at radius 2 is 1.86 bits per heavy atom. The minimum Gasteiger partial charge on any atom is -0.459 e. The Morgan fingerprint density at radius 3 is 2.57 bits per heavy atom. The SMILES string of the molecule is CCCC(NC)c1cc2cccc(-c3ccccc3)c2o1. The third-order valence-electron chi connectivity index (χ3n) is 3.92. The zero-order chi connectivity index (χ0) is 14.7. The third kappa shape index (κ3) is 2.72. The third-order valence-corrected chi connectivity index (χ3v) is 3.92. The second-order valence-corrected chi connectivity index (χ2v) is 5.37. The molecule has 0 aliphatic heterocycles. The maximum Gasteiger partial charge on any atom is 0.142 e. The zero-order valence-electron chi connectivity index (χ0n) is 12.6. The zero-order valence-corrected chi connectivity index (χ0v) is 12.6. The van der Waals surface area contributed by atoms with E-state index in [0.29, 0.717) is 0 Å². The van der Waals surface area contributed by atoms with Crippen LogP contribution in [-0.4, -0.2) is 7.05 Å². The van der Waals surface area contributed by atoms with E-state index >= 15 is 0 Å². The summed E-state index contributed by atoms with van der Waals surface area (Å²) in [5, 5.41) is 4.51. The molecule has 2 heteroatoms. The van der Waals surface area contributed by atoms with Crippen molar-refractivity contribution in [2.24, 2.45) is 0 Å². The number of hydrogen-bond donors (Lipinski definition) is 1. The highest BCUT2D eigenvalue weighted by molar-refractivity contribution is 5.92. The molecule has 0 bridgehead atoms. The smallest absolute Gasteiger partial charge is 0.142 e. The summed E-state index contributed by atoms with van der Waals surface area (Å²) in [4.78, 5) is 0. The van der Waals surface area contributed by atoms with E-state index in [2.05, 4.69) is 60.8 Å². The highest BCUT2D eigenvalue weighted by Gasteiger charge is 2.15. The molecule has 0 spiro atoms. The van der Waals surface area contributed by atoms with Crippen LogP contribution in [0.3, 0.4) is 0 Å². The Morgan fingerprint density at radius 1 is 1.05 bits per heavy atom. The maximum atomic E-state index is 6.20. The van der Waals surface area contributed by atoms with E-state index in [4.69, 9.17) is 4.42 Å². The van der Waals surface area contributed by atoms with E-state index in [1.807, 2.05) is 13.1 Å². The minimum absolute atomic E-state index is 0.283. The number of rotatable bonds is 5. The van der Waals surface area contributed by atoms with Crippen molar-refractivity contribution >= 4 is 11.0 Å². The van der Waals surface area contributed by atoms with Gasteiger partial charge in [0.2, 0.25) is 0 Å². The Labute approximate surface area is 125 Å². The lowest BCUT2D eigenvalue weighted by Crippen LogP contribution is -2.15. The second-order valence-electron chi connectivity index (χ2n) is 5.37. The van der Waals surface area contributed by atoms with Crippen LogP contribution < -0.4 is 5.32 Å². The van der Waals surface area contributed by atoms with E-state index in [1.165, 1.54) is 10.9 Å². The van der Waals surface area contributed by atoms with Gasteiger partial charge in [-0.2, -0.15) is 0 Å². The largest absolute Gasteiger partial charge is 0.459 e. The van der Waals surface area contributed by atoms with Gasteiger partial charge in [0.05, 0.1) is 6.04 Å². The summed E-state index contributed by atoms with van der Waals surface area (Å²) in [7, 11) is 1.99. The van der Waals surface area contributed by atoms with Gasteiger partial charge in [-0.1, -0.05) is 61.9 Å². The molecule has 3 aromatic rings. The van der Waals surface area contributed by atoms with Crippen molar-refractivity contribution in [1.82, 2.24) is 5.32 Å². The first kappa shape index (κ1) is 13.9. The van der Waals surface area contributed by atoms with E-state index in [0.717, 1.165) is 29.7 Å². The van der Waals surface area contributed by atoms with Gasteiger partial charge in [0, 0.05) is 10.9 Å². The van der Waals surface area contributed by atoms with Gasteiger partial charge in [0.15, 0.2) is 0 Å². The second kappa shape index (κ2) is 6.15. The van der Waals surface area contributed by atoms with E-state index in [9.17, 15) is 0 Å². The predicted octanol–water partition coefficient (Wildman–Crippen LogP) is 5.16. The summed E-state index contributed by atoms with van der Waals surface area (Å²) in [6, 6.07) is 19.2.